The summed E-state index contributed by atoms with van der Waals surface area (Å²) in [5.74, 6) is 0. The molecule has 0 unspecified atom stereocenters. The minimum atomic E-state index is -4.22. The third-order valence-electron chi connectivity index (χ3n) is 2.90. The molecule has 1 heterocycles. The van der Waals surface area contributed by atoms with Crippen molar-refractivity contribution in [1.29, 1.82) is 0 Å². The van der Waals surface area contributed by atoms with Crippen LogP contribution in [0.3, 0.4) is 0 Å². The van der Waals surface area contributed by atoms with Crippen molar-refractivity contribution in [3.63, 3.8) is 0 Å². The van der Waals surface area contributed by atoms with E-state index in [1.165, 1.54) is 31.9 Å². The first kappa shape index (κ1) is 19.0. The number of alkyl halides is 3. The topological polar surface area (TPSA) is 12.0 Å². The van der Waals surface area contributed by atoms with Crippen LogP contribution in [0.2, 0.25) is 0 Å². The van der Waals surface area contributed by atoms with Crippen LogP contribution >= 0.6 is 0 Å². The fourth-order valence-corrected chi connectivity index (χ4v) is 1.85. The first-order valence-electron chi connectivity index (χ1n) is 7.27. The predicted octanol–water partition coefficient (Wildman–Crippen LogP) is 5.19. The molecule has 0 spiro atoms. The number of nitrogens with one attached hydrogen (secondary N) is 1. The molecule has 0 bridgehead atoms. The zero-order valence-electron chi connectivity index (χ0n) is 12.8. The van der Waals surface area contributed by atoms with Crippen molar-refractivity contribution in [2.75, 3.05) is 6.54 Å². The summed E-state index contributed by atoms with van der Waals surface area (Å²) in [6, 6.07) is 6.01. The van der Waals surface area contributed by atoms with Gasteiger partial charge in [-0.25, -0.2) is 0 Å². The monoisotopic (exact) mass is 289 g/mol. The van der Waals surface area contributed by atoms with E-state index in [2.05, 4.69) is 12.2 Å². The van der Waals surface area contributed by atoms with Gasteiger partial charge in [0.15, 0.2) is 0 Å². The van der Waals surface area contributed by atoms with E-state index in [-0.39, 0.29) is 0 Å². The normalized spacial score (nSPS) is 18.2. The van der Waals surface area contributed by atoms with E-state index in [0.717, 1.165) is 18.2 Å². The van der Waals surface area contributed by atoms with Crippen molar-refractivity contribution in [3.05, 3.63) is 35.4 Å². The van der Waals surface area contributed by atoms with Gasteiger partial charge in [0.05, 0.1) is 5.56 Å². The van der Waals surface area contributed by atoms with E-state index in [9.17, 15) is 13.2 Å². The molecule has 1 saturated heterocycles. The van der Waals surface area contributed by atoms with Gasteiger partial charge in [0.25, 0.3) is 0 Å². The summed E-state index contributed by atoms with van der Waals surface area (Å²) in [7, 11) is 0. The molecule has 0 aromatic heterocycles. The summed E-state index contributed by atoms with van der Waals surface area (Å²) in [4.78, 5) is 0. The molecule has 116 valence electrons. The van der Waals surface area contributed by atoms with Crippen LogP contribution in [0.25, 0.3) is 0 Å². The first-order chi connectivity index (χ1) is 9.39. The van der Waals surface area contributed by atoms with E-state index in [1.54, 1.807) is 13.0 Å². The second kappa shape index (κ2) is 9.81. The van der Waals surface area contributed by atoms with Gasteiger partial charge in [0.1, 0.15) is 0 Å². The summed E-state index contributed by atoms with van der Waals surface area (Å²) < 4.78 is 35.9. The molecule has 1 atom stereocenters. The molecule has 0 radical (unpaired) electrons. The molecule has 1 aliphatic rings. The number of halogens is 3. The second-order valence-electron chi connectivity index (χ2n) is 4.72. The highest BCUT2D eigenvalue weighted by Gasteiger charge is 2.29. The maximum atomic E-state index is 12.0. The molecule has 1 nitrogen and oxygen atoms in total. The lowest BCUT2D eigenvalue weighted by atomic mass is 10.1. The van der Waals surface area contributed by atoms with Crippen molar-refractivity contribution in [2.24, 2.45) is 0 Å². The van der Waals surface area contributed by atoms with Crippen LogP contribution in [0.1, 0.15) is 51.2 Å². The third-order valence-corrected chi connectivity index (χ3v) is 2.90. The summed E-state index contributed by atoms with van der Waals surface area (Å²) in [5, 5.41) is 3.38. The maximum absolute atomic E-state index is 12.0. The number of hydrogen-bond acceptors (Lipinski definition) is 1. The SMILES string of the molecule is CC.C[C@@H]1CCCCN1.Cc1cccc(C(F)(F)F)c1. The van der Waals surface area contributed by atoms with E-state index < -0.39 is 11.7 Å². The highest BCUT2D eigenvalue weighted by Crippen LogP contribution is 2.29. The molecule has 1 fully saturated rings. The van der Waals surface area contributed by atoms with E-state index in [4.69, 9.17) is 0 Å². The largest absolute Gasteiger partial charge is 0.416 e. The molecule has 0 amide bonds. The highest BCUT2D eigenvalue weighted by atomic mass is 19.4. The Balaban J connectivity index is 0.000000345. The second-order valence-corrected chi connectivity index (χ2v) is 4.72. The van der Waals surface area contributed by atoms with Crippen LogP contribution in [0.4, 0.5) is 13.2 Å². The lowest BCUT2D eigenvalue weighted by Crippen LogP contribution is -2.30. The number of aryl methyl sites for hydroxylation is 1. The predicted molar refractivity (Wildman–Crippen MR) is 78.8 cm³/mol. The Kier molecular flexibility index (Phi) is 9.30. The summed E-state index contributed by atoms with van der Waals surface area (Å²) in [6.45, 7) is 9.12. The van der Waals surface area contributed by atoms with E-state index in [1.807, 2.05) is 13.8 Å². The van der Waals surface area contributed by atoms with Crippen LogP contribution in [0.5, 0.6) is 0 Å². The fraction of sp³-hybridized carbons (Fsp3) is 0.625. The van der Waals surface area contributed by atoms with Crippen LogP contribution in [-0.4, -0.2) is 12.6 Å². The number of rotatable bonds is 0. The van der Waals surface area contributed by atoms with Crippen molar-refractivity contribution in [2.45, 2.75) is 59.2 Å². The van der Waals surface area contributed by atoms with Crippen LogP contribution in [-0.2, 0) is 6.18 Å². The molecule has 0 aliphatic carbocycles. The van der Waals surface area contributed by atoms with Gasteiger partial charge in [-0.2, -0.15) is 13.2 Å². The van der Waals surface area contributed by atoms with Gasteiger partial charge in [-0.05, 0) is 39.3 Å². The third kappa shape index (κ3) is 8.20. The van der Waals surface area contributed by atoms with E-state index in [0.29, 0.717) is 5.56 Å². The van der Waals surface area contributed by atoms with Crippen molar-refractivity contribution >= 4 is 0 Å². The molecular weight excluding hydrogens is 263 g/mol. The summed E-state index contributed by atoms with van der Waals surface area (Å²) in [6.07, 6.45) is -0.0372. The average Bonchev–Trinajstić information content (AvgIpc) is 2.42. The molecule has 2 rings (SSSR count). The van der Waals surface area contributed by atoms with Crippen molar-refractivity contribution in [3.8, 4) is 0 Å². The first-order valence-corrected chi connectivity index (χ1v) is 7.27. The van der Waals surface area contributed by atoms with Gasteiger partial charge in [-0.15, -0.1) is 0 Å². The Morgan fingerprint density at radius 3 is 2.10 bits per heavy atom. The number of benzene rings is 1. The summed E-state index contributed by atoms with van der Waals surface area (Å²) in [5.41, 5.74) is 0.0392. The Bertz CT molecular complexity index is 355. The van der Waals surface area contributed by atoms with Crippen molar-refractivity contribution in [1.82, 2.24) is 5.32 Å². The van der Waals surface area contributed by atoms with Gasteiger partial charge < -0.3 is 5.32 Å². The lowest BCUT2D eigenvalue weighted by molar-refractivity contribution is -0.137. The van der Waals surface area contributed by atoms with E-state index >= 15 is 0 Å². The molecule has 20 heavy (non-hydrogen) atoms. The van der Waals surface area contributed by atoms with Gasteiger partial charge in [0, 0.05) is 6.04 Å². The Hall–Kier alpha value is -1.03. The van der Waals surface area contributed by atoms with Gasteiger partial charge in [-0.1, -0.05) is 44.0 Å². The van der Waals surface area contributed by atoms with Crippen molar-refractivity contribution < 1.29 is 13.2 Å². The highest BCUT2D eigenvalue weighted by molar-refractivity contribution is 5.24. The smallest absolute Gasteiger partial charge is 0.314 e. The molecule has 4 heteroatoms. The Morgan fingerprint density at radius 2 is 1.80 bits per heavy atom. The van der Waals surface area contributed by atoms with Gasteiger partial charge in [-0.3, -0.25) is 0 Å². The van der Waals surface area contributed by atoms with Crippen LogP contribution in [0.15, 0.2) is 24.3 Å². The van der Waals surface area contributed by atoms with Crippen LogP contribution in [0, 0.1) is 6.92 Å². The Morgan fingerprint density at radius 1 is 1.15 bits per heavy atom. The molecule has 1 N–H and O–H groups in total. The molecule has 1 aromatic rings. The number of piperidine rings is 1. The number of hydrogen-bond donors (Lipinski definition) is 1. The zero-order chi connectivity index (χ0) is 15.6. The summed E-state index contributed by atoms with van der Waals surface area (Å²) >= 11 is 0. The lowest BCUT2D eigenvalue weighted by Gasteiger charge is -2.18. The maximum Gasteiger partial charge on any atom is 0.416 e. The zero-order valence-corrected chi connectivity index (χ0v) is 12.8. The Labute approximate surface area is 120 Å². The quantitative estimate of drug-likeness (QED) is 0.693. The average molecular weight is 289 g/mol. The standard InChI is InChI=1S/C8H7F3.C6H13N.C2H6/c1-6-3-2-4-7(5-6)8(9,10)11;1-6-4-2-3-5-7-6;1-2/h2-5H,1H3;6-7H,2-5H2,1H3;1-2H3/t;6-;/m.1./s1. The molecule has 1 aromatic carbocycles. The minimum Gasteiger partial charge on any atom is -0.314 e. The van der Waals surface area contributed by atoms with Gasteiger partial charge >= 0.3 is 6.18 Å². The molecule has 0 saturated carbocycles. The molecular formula is C16H26F3N. The van der Waals surface area contributed by atoms with Gasteiger partial charge in [0.2, 0.25) is 0 Å². The fourth-order valence-electron chi connectivity index (χ4n) is 1.85. The minimum absolute atomic E-state index is 0.586. The molecule has 1 aliphatic heterocycles. The van der Waals surface area contributed by atoms with Crippen LogP contribution < -0.4 is 5.32 Å².